The Balaban J connectivity index is 2.93. The van der Waals surface area contributed by atoms with E-state index in [1.807, 2.05) is 0 Å². The molecule has 15 heavy (non-hydrogen) atoms. The Morgan fingerprint density at radius 3 is 2.40 bits per heavy atom. The minimum atomic E-state index is -1.59. The van der Waals surface area contributed by atoms with Crippen LogP contribution in [0.15, 0.2) is 11.3 Å². The predicted octanol–water partition coefficient (Wildman–Crippen LogP) is 0.475. The zero-order valence-electron chi connectivity index (χ0n) is 8.52. The summed E-state index contributed by atoms with van der Waals surface area (Å²) in [6.07, 6.45) is -0.636. The molecule has 5 nitrogen and oxygen atoms in total. The topological polar surface area (TPSA) is 83.8 Å². The van der Waals surface area contributed by atoms with Crippen molar-refractivity contribution in [1.29, 1.82) is 0 Å². The number of rotatable bonds is 3. The summed E-state index contributed by atoms with van der Waals surface area (Å²) >= 11 is 0. The summed E-state index contributed by atoms with van der Waals surface area (Å²) in [5.74, 6) is -1.52. The molecule has 0 heterocycles. The Kier molecular flexibility index (Phi) is 3.99. The predicted molar refractivity (Wildman–Crippen MR) is 51.2 cm³/mol. The van der Waals surface area contributed by atoms with Crippen LogP contribution in [0.3, 0.4) is 0 Å². The summed E-state index contributed by atoms with van der Waals surface area (Å²) in [6, 6.07) is 0. The van der Waals surface area contributed by atoms with Crippen molar-refractivity contribution >= 4 is 11.6 Å². The molecule has 2 N–H and O–H groups in total. The average molecular weight is 214 g/mol. The third kappa shape index (κ3) is 2.64. The van der Waals surface area contributed by atoms with Crippen molar-refractivity contribution in [1.82, 2.24) is 0 Å². The van der Waals surface area contributed by atoms with Crippen LogP contribution in [0.25, 0.3) is 0 Å². The van der Waals surface area contributed by atoms with Gasteiger partial charge in [-0.1, -0.05) is 0 Å². The Labute approximate surface area is 87.4 Å². The van der Waals surface area contributed by atoms with Crippen LogP contribution in [0.1, 0.15) is 26.2 Å². The number of aliphatic hydroxyl groups excluding tert-OH is 2. The van der Waals surface area contributed by atoms with E-state index in [0.29, 0.717) is 6.42 Å². The third-order valence-corrected chi connectivity index (χ3v) is 2.18. The van der Waals surface area contributed by atoms with E-state index in [1.165, 1.54) is 0 Å². The van der Waals surface area contributed by atoms with Crippen LogP contribution in [0.2, 0.25) is 0 Å². The molecule has 1 aliphatic rings. The summed E-state index contributed by atoms with van der Waals surface area (Å²) in [6.45, 7) is 1.81. The first kappa shape index (κ1) is 11.9. The standard InChI is InChI=1S/C10H14O5/c1-2-15-10(14)9(13)8-6(11)4-3-5-7(8)12/h10,13-14H,2-5H2,1H3. The Bertz CT molecular complexity index is 287. The first-order valence-electron chi connectivity index (χ1n) is 4.87. The fraction of sp³-hybridized carbons (Fsp3) is 0.600. The minimum Gasteiger partial charge on any atom is -0.506 e. The lowest BCUT2D eigenvalue weighted by Gasteiger charge is -2.16. The van der Waals surface area contributed by atoms with E-state index in [4.69, 9.17) is 4.74 Å². The molecule has 1 atom stereocenters. The van der Waals surface area contributed by atoms with Gasteiger partial charge in [0.25, 0.3) is 0 Å². The van der Waals surface area contributed by atoms with Gasteiger partial charge in [-0.15, -0.1) is 0 Å². The van der Waals surface area contributed by atoms with Crippen molar-refractivity contribution in [3.05, 3.63) is 11.3 Å². The van der Waals surface area contributed by atoms with Gasteiger partial charge in [0.15, 0.2) is 17.3 Å². The second-order valence-corrected chi connectivity index (χ2v) is 3.27. The number of carbonyl (C=O) groups is 2. The van der Waals surface area contributed by atoms with E-state index in [9.17, 15) is 19.8 Å². The smallest absolute Gasteiger partial charge is 0.214 e. The molecule has 0 aromatic carbocycles. The summed E-state index contributed by atoms with van der Waals surface area (Å²) in [4.78, 5) is 22.7. The minimum absolute atomic E-state index is 0.181. The maximum Gasteiger partial charge on any atom is 0.214 e. The Morgan fingerprint density at radius 1 is 1.40 bits per heavy atom. The van der Waals surface area contributed by atoms with Crippen molar-refractivity contribution in [2.24, 2.45) is 0 Å². The van der Waals surface area contributed by atoms with Crippen molar-refractivity contribution < 1.29 is 24.5 Å². The molecule has 0 bridgehead atoms. The fourth-order valence-electron chi connectivity index (χ4n) is 1.46. The quantitative estimate of drug-likeness (QED) is 0.309. The molecule has 0 aromatic rings. The molecule has 0 radical (unpaired) electrons. The van der Waals surface area contributed by atoms with Crippen LogP contribution < -0.4 is 0 Å². The number of hydrogen-bond donors (Lipinski definition) is 2. The van der Waals surface area contributed by atoms with E-state index in [2.05, 4.69) is 0 Å². The molecular formula is C10H14O5. The lowest BCUT2D eigenvalue weighted by Crippen LogP contribution is -2.26. The Morgan fingerprint density at radius 2 is 1.93 bits per heavy atom. The lowest BCUT2D eigenvalue weighted by atomic mass is 9.91. The van der Waals surface area contributed by atoms with Gasteiger partial charge in [-0.2, -0.15) is 0 Å². The summed E-state index contributed by atoms with van der Waals surface area (Å²) in [5, 5.41) is 18.7. The molecule has 1 aliphatic carbocycles. The van der Waals surface area contributed by atoms with Gasteiger partial charge in [-0.3, -0.25) is 9.59 Å². The van der Waals surface area contributed by atoms with Gasteiger partial charge in [-0.05, 0) is 13.3 Å². The van der Waals surface area contributed by atoms with Crippen LogP contribution in [-0.2, 0) is 14.3 Å². The van der Waals surface area contributed by atoms with Crippen molar-refractivity contribution in [3.8, 4) is 0 Å². The average Bonchev–Trinajstić information content (AvgIpc) is 2.17. The first-order chi connectivity index (χ1) is 7.07. The molecule has 0 amide bonds. The summed E-state index contributed by atoms with van der Waals surface area (Å²) in [7, 11) is 0. The zero-order valence-corrected chi connectivity index (χ0v) is 8.52. The number of Topliss-reactive ketones (excluding diaryl/α,β-unsaturated/α-hetero) is 2. The molecule has 0 spiro atoms. The lowest BCUT2D eigenvalue weighted by molar-refractivity contribution is -0.126. The molecule has 0 aromatic heterocycles. The highest BCUT2D eigenvalue weighted by molar-refractivity contribution is 6.22. The molecule has 1 rings (SSSR count). The molecule has 5 heteroatoms. The second kappa shape index (κ2) is 5.04. The highest BCUT2D eigenvalue weighted by Crippen LogP contribution is 2.20. The van der Waals surface area contributed by atoms with Crippen molar-refractivity contribution in [3.63, 3.8) is 0 Å². The van der Waals surface area contributed by atoms with Crippen molar-refractivity contribution in [2.75, 3.05) is 6.61 Å². The van der Waals surface area contributed by atoms with Crippen LogP contribution in [0.5, 0.6) is 0 Å². The summed E-state index contributed by atoms with van der Waals surface area (Å²) in [5.41, 5.74) is -0.304. The maximum atomic E-state index is 11.3. The number of allylic oxidation sites excluding steroid dienone is 1. The van der Waals surface area contributed by atoms with E-state index in [0.717, 1.165) is 0 Å². The van der Waals surface area contributed by atoms with E-state index < -0.39 is 23.6 Å². The molecule has 0 aliphatic heterocycles. The van der Waals surface area contributed by atoms with Gasteiger partial charge in [0, 0.05) is 19.4 Å². The monoisotopic (exact) mass is 214 g/mol. The van der Waals surface area contributed by atoms with Crippen LogP contribution >= 0.6 is 0 Å². The van der Waals surface area contributed by atoms with Crippen molar-refractivity contribution in [2.45, 2.75) is 32.5 Å². The van der Waals surface area contributed by atoms with Gasteiger partial charge >= 0.3 is 0 Å². The van der Waals surface area contributed by atoms with Gasteiger partial charge in [0.05, 0.1) is 0 Å². The molecule has 1 saturated carbocycles. The van der Waals surface area contributed by atoms with Crippen LogP contribution in [0.4, 0.5) is 0 Å². The molecular weight excluding hydrogens is 200 g/mol. The SMILES string of the molecule is CCOC(O)C(O)=C1C(=O)CCCC1=O. The van der Waals surface area contributed by atoms with Gasteiger partial charge in [-0.25, -0.2) is 0 Å². The van der Waals surface area contributed by atoms with Gasteiger partial charge in [0.1, 0.15) is 5.57 Å². The zero-order chi connectivity index (χ0) is 11.4. The normalized spacial score (nSPS) is 19.2. The molecule has 0 saturated heterocycles. The van der Waals surface area contributed by atoms with E-state index in [-0.39, 0.29) is 25.0 Å². The summed E-state index contributed by atoms with van der Waals surface area (Å²) < 4.78 is 4.70. The highest BCUT2D eigenvalue weighted by Gasteiger charge is 2.29. The number of carbonyl (C=O) groups excluding carboxylic acids is 2. The van der Waals surface area contributed by atoms with E-state index >= 15 is 0 Å². The highest BCUT2D eigenvalue weighted by atomic mass is 16.6. The number of ether oxygens (including phenoxy) is 1. The second-order valence-electron chi connectivity index (χ2n) is 3.27. The molecule has 1 unspecified atom stereocenters. The van der Waals surface area contributed by atoms with Gasteiger partial charge < -0.3 is 14.9 Å². The van der Waals surface area contributed by atoms with Crippen LogP contribution in [-0.4, -0.2) is 34.7 Å². The van der Waals surface area contributed by atoms with Gasteiger partial charge in [0.2, 0.25) is 6.29 Å². The third-order valence-electron chi connectivity index (χ3n) is 2.18. The molecule has 1 fully saturated rings. The first-order valence-corrected chi connectivity index (χ1v) is 4.87. The number of aliphatic hydroxyl groups is 2. The maximum absolute atomic E-state index is 11.3. The molecule has 84 valence electrons. The fourth-order valence-corrected chi connectivity index (χ4v) is 1.46. The number of hydrogen-bond acceptors (Lipinski definition) is 5. The Hall–Kier alpha value is -1.20. The number of ketones is 2. The largest absolute Gasteiger partial charge is 0.506 e. The van der Waals surface area contributed by atoms with Crippen LogP contribution in [0, 0.1) is 0 Å². The van der Waals surface area contributed by atoms with E-state index in [1.54, 1.807) is 6.92 Å².